The molecule has 14 heavy (non-hydrogen) atoms. The van der Waals surface area contributed by atoms with Gasteiger partial charge < -0.3 is 0 Å². The topological polar surface area (TPSA) is 43.6 Å². The summed E-state index contributed by atoms with van der Waals surface area (Å²) in [6.07, 6.45) is 0. The third-order valence-electron chi connectivity index (χ3n) is 1.58. The molecule has 0 aliphatic rings. The molecule has 4 nitrogen and oxygen atoms in total. The third kappa shape index (κ3) is 1.68. The van der Waals surface area contributed by atoms with Gasteiger partial charge in [0, 0.05) is 0 Å². The molecule has 0 fully saturated rings. The minimum atomic E-state index is 0.170. The standard InChI is InChI=1S/C7H3Cl3N4/c8-5-2-1-4(3-6(5)9)14-7(10)11-12-13-14/h1-3H. The van der Waals surface area contributed by atoms with Crippen molar-refractivity contribution in [3.05, 3.63) is 33.5 Å². The fourth-order valence-corrected chi connectivity index (χ4v) is 1.41. The van der Waals surface area contributed by atoms with Crippen LogP contribution in [0.5, 0.6) is 0 Å². The van der Waals surface area contributed by atoms with E-state index in [0.29, 0.717) is 15.7 Å². The molecule has 7 heteroatoms. The second kappa shape index (κ2) is 3.73. The molecule has 0 saturated heterocycles. The van der Waals surface area contributed by atoms with Gasteiger partial charge in [-0.1, -0.05) is 28.3 Å². The lowest BCUT2D eigenvalue weighted by Gasteiger charge is -2.01. The zero-order valence-corrected chi connectivity index (χ0v) is 8.92. The van der Waals surface area contributed by atoms with E-state index in [1.54, 1.807) is 18.2 Å². The van der Waals surface area contributed by atoms with E-state index in [1.165, 1.54) is 4.68 Å². The maximum atomic E-state index is 5.83. The summed E-state index contributed by atoms with van der Waals surface area (Å²) in [6, 6.07) is 5.00. The summed E-state index contributed by atoms with van der Waals surface area (Å²) in [4.78, 5) is 0. The molecule has 0 radical (unpaired) electrons. The van der Waals surface area contributed by atoms with Crippen LogP contribution in [0.1, 0.15) is 0 Å². The molecule has 0 atom stereocenters. The van der Waals surface area contributed by atoms with Crippen LogP contribution in [0.3, 0.4) is 0 Å². The Bertz CT molecular complexity index is 468. The van der Waals surface area contributed by atoms with Crippen LogP contribution in [0, 0.1) is 0 Å². The fraction of sp³-hybridized carbons (Fsp3) is 0. The molecule has 0 aliphatic carbocycles. The first-order chi connectivity index (χ1) is 6.68. The summed E-state index contributed by atoms with van der Waals surface area (Å²) in [5.41, 5.74) is 0.661. The van der Waals surface area contributed by atoms with Crippen LogP contribution in [0.2, 0.25) is 15.3 Å². The van der Waals surface area contributed by atoms with Crippen LogP contribution in [-0.2, 0) is 0 Å². The van der Waals surface area contributed by atoms with Crippen molar-refractivity contribution in [3.8, 4) is 5.69 Å². The van der Waals surface area contributed by atoms with Crippen LogP contribution < -0.4 is 0 Å². The average Bonchev–Trinajstić information content (AvgIpc) is 2.57. The van der Waals surface area contributed by atoms with Crippen LogP contribution in [0.4, 0.5) is 0 Å². The number of tetrazole rings is 1. The van der Waals surface area contributed by atoms with Gasteiger partial charge >= 0.3 is 0 Å². The molecular formula is C7H3Cl3N4. The SMILES string of the molecule is Clc1ccc(-n2nnnc2Cl)cc1Cl. The predicted molar refractivity (Wildman–Crippen MR) is 54.2 cm³/mol. The Morgan fingerprint density at radius 3 is 2.43 bits per heavy atom. The molecule has 0 spiro atoms. The van der Waals surface area contributed by atoms with Crippen molar-refractivity contribution in [2.24, 2.45) is 0 Å². The average molecular weight is 249 g/mol. The molecule has 0 saturated carbocycles. The van der Waals surface area contributed by atoms with E-state index >= 15 is 0 Å². The highest BCUT2D eigenvalue weighted by Crippen LogP contribution is 2.24. The van der Waals surface area contributed by atoms with Gasteiger partial charge in [0.25, 0.3) is 0 Å². The molecule has 72 valence electrons. The summed E-state index contributed by atoms with van der Waals surface area (Å²) in [5, 5.41) is 11.7. The first-order valence-corrected chi connectivity index (χ1v) is 4.71. The fourth-order valence-electron chi connectivity index (χ4n) is 0.951. The zero-order chi connectivity index (χ0) is 10.1. The molecule has 1 aromatic carbocycles. The summed E-state index contributed by atoms with van der Waals surface area (Å²) in [6.45, 7) is 0. The van der Waals surface area contributed by atoms with E-state index in [0.717, 1.165) is 0 Å². The number of aromatic nitrogens is 4. The summed E-state index contributed by atoms with van der Waals surface area (Å²) in [7, 11) is 0. The number of hydrogen-bond acceptors (Lipinski definition) is 3. The lowest BCUT2D eigenvalue weighted by molar-refractivity contribution is 0.789. The number of halogens is 3. The number of nitrogens with zero attached hydrogens (tertiary/aromatic N) is 4. The molecule has 0 unspecified atom stereocenters. The summed E-state index contributed by atoms with van der Waals surface area (Å²) < 4.78 is 1.35. The molecule has 0 N–H and O–H groups in total. The number of benzene rings is 1. The molecule has 0 bridgehead atoms. The van der Waals surface area contributed by atoms with Crippen molar-refractivity contribution < 1.29 is 0 Å². The highest BCUT2D eigenvalue weighted by Gasteiger charge is 2.06. The quantitative estimate of drug-likeness (QED) is 0.780. The molecule has 0 aliphatic heterocycles. The zero-order valence-electron chi connectivity index (χ0n) is 6.65. The van der Waals surface area contributed by atoms with Crippen molar-refractivity contribution in [2.45, 2.75) is 0 Å². The van der Waals surface area contributed by atoms with E-state index < -0.39 is 0 Å². The van der Waals surface area contributed by atoms with Gasteiger partial charge in [-0.2, -0.15) is 4.68 Å². The number of rotatable bonds is 1. The maximum absolute atomic E-state index is 5.83. The smallest absolute Gasteiger partial charge is 0.183 e. The first-order valence-electron chi connectivity index (χ1n) is 3.58. The molecule has 2 aromatic rings. The Morgan fingerprint density at radius 1 is 1.07 bits per heavy atom. The lowest BCUT2D eigenvalue weighted by Crippen LogP contribution is -1.96. The van der Waals surface area contributed by atoms with Gasteiger partial charge in [0.2, 0.25) is 5.28 Å². The Balaban J connectivity index is 2.53. The lowest BCUT2D eigenvalue weighted by atomic mass is 10.3. The van der Waals surface area contributed by atoms with Crippen LogP contribution in [0.15, 0.2) is 18.2 Å². The molecule has 1 aromatic heterocycles. The summed E-state index contributed by atoms with van der Waals surface area (Å²) >= 11 is 17.3. The summed E-state index contributed by atoms with van der Waals surface area (Å²) in [5.74, 6) is 0. The molecule has 0 amide bonds. The van der Waals surface area contributed by atoms with Crippen molar-refractivity contribution >= 4 is 34.8 Å². The minimum absolute atomic E-state index is 0.170. The third-order valence-corrected chi connectivity index (χ3v) is 2.55. The van der Waals surface area contributed by atoms with Gasteiger partial charge in [-0.3, -0.25) is 0 Å². The largest absolute Gasteiger partial charge is 0.247 e. The predicted octanol–water partition coefficient (Wildman–Crippen LogP) is 2.62. The second-order valence-electron chi connectivity index (χ2n) is 2.46. The molecule has 1 heterocycles. The van der Waals surface area contributed by atoms with E-state index in [2.05, 4.69) is 15.5 Å². The van der Waals surface area contributed by atoms with Crippen molar-refractivity contribution in [1.29, 1.82) is 0 Å². The molecular weight excluding hydrogens is 246 g/mol. The Morgan fingerprint density at radius 2 is 1.86 bits per heavy atom. The van der Waals surface area contributed by atoms with Crippen molar-refractivity contribution in [1.82, 2.24) is 20.2 Å². The van der Waals surface area contributed by atoms with Gasteiger partial charge in [-0.25, -0.2) is 0 Å². The van der Waals surface area contributed by atoms with Gasteiger partial charge in [0.15, 0.2) is 0 Å². The van der Waals surface area contributed by atoms with Crippen LogP contribution >= 0.6 is 34.8 Å². The highest BCUT2D eigenvalue weighted by molar-refractivity contribution is 6.42. The Hall–Kier alpha value is -0.840. The van der Waals surface area contributed by atoms with E-state index in [1.807, 2.05) is 0 Å². The van der Waals surface area contributed by atoms with Gasteiger partial charge in [0.1, 0.15) is 0 Å². The second-order valence-corrected chi connectivity index (χ2v) is 3.61. The normalized spacial score (nSPS) is 10.5. The van der Waals surface area contributed by atoms with Crippen LogP contribution in [-0.4, -0.2) is 20.2 Å². The van der Waals surface area contributed by atoms with E-state index in [-0.39, 0.29) is 5.28 Å². The van der Waals surface area contributed by atoms with Crippen molar-refractivity contribution in [2.75, 3.05) is 0 Å². The Kier molecular flexibility index (Phi) is 2.58. The Labute approximate surface area is 94.4 Å². The van der Waals surface area contributed by atoms with Crippen LogP contribution in [0.25, 0.3) is 5.69 Å². The maximum Gasteiger partial charge on any atom is 0.247 e. The first kappa shape index (κ1) is 9.71. The number of hydrogen-bond donors (Lipinski definition) is 0. The van der Waals surface area contributed by atoms with Gasteiger partial charge in [0.05, 0.1) is 15.7 Å². The van der Waals surface area contributed by atoms with Crippen molar-refractivity contribution in [3.63, 3.8) is 0 Å². The highest BCUT2D eigenvalue weighted by atomic mass is 35.5. The van der Waals surface area contributed by atoms with E-state index in [9.17, 15) is 0 Å². The van der Waals surface area contributed by atoms with Gasteiger partial charge in [-0.15, -0.1) is 0 Å². The monoisotopic (exact) mass is 248 g/mol. The van der Waals surface area contributed by atoms with E-state index in [4.69, 9.17) is 34.8 Å². The minimum Gasteiger partial charge on any atom is -0.183 e. The molecule has 2 rings (SSSR count). The van der Waals surface area contributed by atoms with Gasteiger partial charge in [-0.05, 0) is 40.2 Å².